The van der Waals surface area contributed by atoms with E-state index in [0.717, 1.165) is 16.3 Å². The molecule has 0 saturated heterocycles. The van der Waals surface area contributed by atoms with Gasteiger partial charge in [-0.25, -0.2) is 0 Å². The van der Waals surface area contributed by atoms with Crippen LogP contribution in [0, 0.1) is 0 Å². The summed E-state index contributed by atoms with van der Waals surface area (Å²) in [5, 5.41) is 4.71. The van der Waals surface area contributed by atoms with Crippen molar-refractivity contribution in [3.8, 4) is 0 Å². The van der Waals surface area contributed by atoms with Crippen LogP contribution in [0.1, 0.15) is 9.67 Å². The Hall–Kier alpha value is -1.72. The van der Waals surface area contributed by atoms with Gasteiger partial charge in [-0.05, 0) is 23.6 Å². The first-order valence-electron chi connectivity index (χ1n) is 5.69. The molecule has 1 aromatic carbocycles. The number of anilines is 2. The second-order valence-electron chi connectivity index (χ2n) is 3.76. The summed E-state index contributed by atoms with van der Waals surface area (Å²) in [5.74, 6) is 0.632. The first kappa shape index (κ1) is 13.7. The Bertz CT molecular complexity index is 593. The van der Waals surface area contributed by atoms with Crippen LogP contribution in [0.5, 0.6) is 0 Å². The molecular formula is C14H14N2OS2. The largest absolute Gasteiger partial charge is 0.397 e. The van der Waals surface area contributed by atoms with Crippen LogP contribution in [0.4, 0.5) is 11.4 Å². The minimum absolute atomic E-state index is 0.167. The highest BCUT2D eigenvalue weighted by atomic mass is 32.2. The molecule has 0 atom stereocenters. The molecule has 1 aromatic heterocycles. The summed E-state index contributed by atoms with van der Waals surface area (Å²) >= 11 is 2.97. The van der Waals surface area contributed by atoms with Gasteiger partial charge in [0, 0.05) is 10.6 Å². The van der Waals surface area contributed by atoms with E-state index in [2.05, 4.69) is 11.9 Å². The molecule has 19 heavy (non-hydrogen) atoms. The van der Waals surface area contributed by atoms with Gasteiger partial charge in [0.25, 0.3) is 5.91 Å². The van der Waals surface area contributed by atoms with Crippen LogP contribution in [0.15, 0.2) is 53.3 Å². The van der Waals surface area contributed by atoms with Crippen molar-refractivity contribution < 1.29 is 4.79 Å². The number of thioether (sulfide) groups is 1. The van der Waals surface area contributed by atoms with Crippen molar-refractivity contribution in [2.24, 2.45) is 0 Å². The Morgan fingerprint density at radius 3 is 2.89 bits per heavy atom. The SMILES string of the molecule is C=CCSc1ccccc1NC(=O)c1sccc1N. The molecule has 1 heterocycles. The first-order chi connectivity index (χ1) is 9.22. The Morgan fingerprint density at radius 1 is 1.42 bits per heavy atom. The minimum Gasteiger partial charge on any atom is -0.397 e. The fourth-order valence-electron chi connectivity index (χ4n) is 1.53. The molecule has 98 valence electrons. The standard InChI is InChI=1S/C14H14N2OS2/c1-2-8-18-12-6-4-3-5-11(12)16-14(17)13-10(15)7-9-19-13/h2-7,9H,1,8,15H2,(H,16,17). The molecule has 0 bridgehead atoms. The summed E-state index contributed by atoms with van der Waals surface area (Å²) in [4.78, 5) is 13.7. The molecule has 0 aliphatic heterocycles. The number of thiophene rings is 1. The normalized spacial score (nSPS) is 10.1. The van der Waals surface area contributed by atoms with Crippen molar-refractivity contribution in [2.75, 3.05) is 16.8 Å². The number of nitrogens with two attached hydrogens (primary N) is 1. The molecule has 3 nitrogen and oxygen atoms in total. The van der Waals surface area contributed by atoms with Crippen LogP contribution < -0.4 is 11.1 Å². The van der Waals surface area contributed by atoms with E-state index in [-0.39, 0.29) is 5.91 Å². The fraction of sp³-hybridized carbons (Fsp3) is 0.0714. The predicted octanol–water partition coefficient (Wildman–Crippen LogP) is 3.86. The van der Waals surface area contributed by atoms with Gasteiger partial charge in [0.2, 0.25) is 0 Å². The van der Waals surface area contributed by atoms with Crippen molar-refractivity contribution in [1.82, 2.24) is 0 Å². The first-order valence-corrected chi connectivity index (χ1v) is 7.56. The van der Waals surface area contributed by atoms with Crippen LogP contribution in [0.2, 0.25) is 0 Å². The van der Waals surface area contributed by atoms with Gasteiger partial charge in [-0.1, -0.05) is 18.2 Å². The van der Waals surface area contributed by atoms with Crippen molar-refractivity contribution in [3.63, 3.8) is 0 Å². The maximum Gasteiger partial charge on any atom is 0.267 e. The van der Waals surface area contributed by atoms with Crippen molar-refractivity contribution in [1.29, 1.82) is 0 Å². The van der Waals surface area contributed by atoms with Crippen molar-refractivity contribution in [2.45, 2.75) is 4.90 Å². The summed E-state index contributed by atoms with van der Waals surface area (Å²) < 4.78 is 0. The lowest BCUT2D eigenvalue weighted by Crippen LogP contribution is -2.12. The summed E-state index contributed by atoms with van der Waals surface area (Å²) in [7, 11) is 0. The predicted molar refractivity (Wildman–Crippen MR) is 84.0 cm³/mol. The lowest BCUT2D eigenvalue weighted by Gasteiger charge is -2.09. The number of amides is 1. The molecule has 0 radical (unpaired) electrons. The fourth-order valence-corrected chi connectivity index (χ4v) is 2.99. The van der Waals surface area contributed by atoms with Gasteiger partial charge >= 0.3 is 0 Å². The van der Waals surface area contributed by atoms with Gasteiger partial charge in [0.1, 0.15) is 4.88 Å². The summed E-state index contributed by atoms with van der Waals surface area (Å²) in [6.45, 7) is 3.70. The van der Waals surface area contributed by atoms with E-state index in [1.165, 1.54) is 11.3 Å². The highest BCUT2D eigenvalue weighted by Crippen LogP contribution is 2.28. The summed E-state index contributed by atoms with van der Waals surface area (Å²) in [5.41, 5.74) is 7.06. The molecule has 0 saturated carbocycles. The van der Waals surface area contributed by atoms with E-state index in [9.17, 15) is 4.79 Å². The molecule has 2 rings (SSSR count). The van der Waals surface area contributed by atoms with Gasteiger partial charge in [-0.3, -0.25) is 4.79 Å². The molecule has 5 heteroatoms. The zero-order chi connectivity index (χ0) is 13.7. The van der Waals surface area contributed by atoms with Crippen LogP contribution in [-0.4, -0.2) is 11.7 Å². The van der Waals surface area contributed by atoms with Gasteiger partial charge in [0.05, 0.1) is 11.4 Å². The highest BCUT2D eigenvalue weighted by Gasteiger charge is 2.12. The van der Waals surface area contributed by atoms with Gasteiger partial charge in [-0.2, -0.15) is 0 Å². The number of para-hydroxylation sites is 1. The summed E-state index contributed by atoms with van der Waals surface area (Å²) in [6.07, 6.45) is 1.83. The topological polar surface area (TPSA) is 55.1 Å². The number of hydrogen-bond donors (Lipinski definition) is 2. The average Bonchev–Trinajstić information content (AvgIpc) is 2.84. The Labute approximate surface area is 120 Å². The van der Waals surface area contributed by atoms with E-state index in [0.29, 0.717) is 10.6 Å². The number of carbonyl (C=O) groups excluding carboxylic acids is 1. The maximum absolute atomic E-state index is 12.1. The Balaban J connectivity index is 2.17. The van der Waals surface area contributed by atoms with E-state index in [1.807, 2.05) is 35.7 Å². The zero-order valence-electron chi connectivity index (χ0n) is 10.3. The molecule has 0 fully saturated rings. The van der Waals surface area contributed by atoms with Crippen LogP contribution >= 0.6 is 23.1 Å². The number of nitrogens with one attached hydrogen (secondary N) is 1. The van der Waals surface area contributed by atoms with Crippen LogP contribution in [0.25, 0.3) is 0 Å². The number of nitrogen functional groups attached to an aromatic ring is 1. The van der Waals surface area contributed by atoms with Crippen LogP contribution in [-0.2, 0) is 0 Å². The molecule has 0 unspecified atom stereocenters. The third kappa shape index (κ3) is 3.39. The second-order valence-corrected chi connectivity index (χ2v) is 5.73. The molecule has 0 aliphatic carbocycles. The number of hydrogen-bond acceptors (Lipinski definition) is 4. The Kier molecular flexibility index (Phi) is 4.65. The van der Waals surface area contributed by atoms with E-state index < -0.39 is 0 Å². The van der Waals surface area contributed by atoms with E-state index in [1.54, 1.807) is 17.8 Å². The molecule has 0 aliphatic rings. The molecular weight excluding hydrogens is 276 g/mol. The third-order valence-electron chi connectivity index (χ3n) is 2.39. The van der Waals surface area contributed by atoms with Gasteiger partial charge in [-0.15, -0.1) is 29.7 Å². The number of carbonyl (C=O) groups is 1. The quantitative estimate of drug-likeness (QED) is 0.649. The van der Waals surface area contributed by atoms with Gasteiger partial charge < -0.3 is 11.1 Å². The molecule has 3 N–H and O–H groups in total. The third-order valence-corrected chi connectivity index (χ3v) is 4.39. The minimum atomic E-state index is -0.167. The van der Waals surface area contributed by atoms with Crippen LogP contribution in [0.3, 0.4) is 0 Å². The van der Waals surface area contributed by atoms with Crippen molar-refractivity contribution in [3.05, 3.63) is 53.2 Å². The van der Waals surface area contributed by atoms with E-state index >= 15 is 0 Å². The highest BCUT2D eigenvalue weighted by molar-refractivity contribution is 7.99. The molecule has 0 spiro atoms. The smallest absolute Gasteiger partial charge is 0.267 e. The monoisotopic (exact) mass is 290 g/mol. The molecule has 1 amide bonds. The summed E-state index contributed by atoms with van der Waals surface area (Å²) in [6, 6.07) is 9.43. The average molecular weight is 290 g/mol. The lowest BCUT2D eigenvalue weighted by molar-refractivity contribution is 0.103. The molecule has 2 aromatic rings. The lowest BCUT2D eigenvalue weighted by atomic mass is 10.3. The van der Waals surface area contributed by atoms with Gasteiger partial charge in [0.15, 0.2) is 0 Å². The second kappa shape index (κ2) is 6.45. The zero-order valence-corrected chi connectivity index (χ0v) is 11.9. The van der Waals surface area contributed by atoms with E-state index in [4.69, 9.17) is 5.73 Å². The number of rotatable bonds is 5. The maximum atomic E-state index is 12.1. The van der Waals surface area contributed by atoms with Crippen molar-refractivity contribution >= 4 is 40.4 Å². The number of benzene rings is 1. The Morgan fingerprint density at radius 2 is 2.21 bits per heavy atom.